The lowest BCUT2D eigenvalue weighted by Crippen LogP contribution is -2.30. The van der Waals surface area contributed by atoms with Crippen molar-refractivity contribution in [3.05, 3.63) is 0 Å². The number of hydrogen-bond acceptors (Lipinski definition) is 15. The molecule has 0 spiro atoms. The highest BCUT2D eigenvalue weighted by Crippen LogP contribution is 2.45. The summed E-state index contributed by atoms with van der Waals surface area (Å²) in [6.45, 7) is 11.8. The highest BCUT2D eigenvalue weighted by Gasteiger charge is 2.30. The number of ether oxygens (including phenoxy) is 4. The van der Waals surface area contributed by atoms with Gasteiger partial charge in [0.05, 0.1) is 26.4 Å². The molecule has 0 saturated carbocycles. The maximum atomic E-state index is 13.1. The van der Waals surface area contributed by atoms with E-state index in [1.807, 2.05) is 0 Å². The summed E-state index contributed by atoms with van der Waals surface area (Å²) < 4.78 is 68.5. The number of aliphatic hydroxyl groups is 1. The summed E-state index contributed by atoms with van der Waals surface area (Å²) in [6, 6.07) is 0. The Morgan fingerprint density at radius 2 is 0.479 bits per heavy atom. The second kappa shape index (κ2) is 67.5. The number of phosphoric ester groups is 2. The quantitative estimate of drug-likeness (QED) is 0.0222. The molecule has 0 bridgehead atoms. The van der Waals surface area contributed by atoms with Crippen molar-refractivity contribution in [3.8, 4) is 0 Å². The fourth-order valence-corrected chi connectivity index (χ4v) is 13.4. The molecule has 0 heterocycles. The number of carbonyl (C=O) groups is 4. The Labute approximate surface area is 588 Å². The van der Waals surface area contributed by atoms with E-state index < -0.39 is 97.5 Å². The maximum absolute atomic E-state index is 13.1. The van der Waals surface area contributed by atoms with Crippen LogP contribution in [0.3, 0.4) is 0 Å². The summed E-state index contributed by atoms with van der Waals surface area (Å²) >= 11 is 0. The van der Waals surface area contributed by atoms with Gasteiger partial charge in [-0.05, 0) is 43.4 Å². The van der Waals surface area contributed by atoms with E-state index in [1.165, 1.54) is 199 Å². The number of esters is 4. The molecule has 0 amide bonds. The third-order valence-electron chi connectivity index (χ3n) is 17.9. The van der Waals surface area contributed by atoms with Gasteiger partial charge in [-0.3, -0.25) is 37.3 Å². The van der Waals surface area contributed by atoms with Crippen LogP contribution in [-0.4, -0.2) is 96.7 Å². The molecule has 0 rings (SSSR count). The molecule has 0 aliphatic rings. The average molecular weight is 1410 g/mol. The second-order valence-corrected chi connectivity index (χ2v) is 32.1. The van der Waals surface area contributed by atoms with E-state index in [0.717, 1.165) is 108 Å². The first-order chi connectivity index (χ1) is 46.2. The molecular formula is C77H150O17P2. The van der Waals surface area contributed by atoms with Crippen LogP contribution in [0.15, 0.2) is 0 Å². The molecule has 0 saturated heterocycles. The number of hydrogen-bond donors (Lipinski definition) is 3. The van der Waals surface area contributed by atoms with Crippen molar-refractivity contribution in [2.24, 2.45) is 17.8 Å². The van der Waals surface area contributed by atoms with E-state index >= 15 is 0 Å². The van der Waals surface area contributed by atoms with Gasteiger partial charge in [-0.1, -0.05) is 344 Å². The van der Waals surface area contributed by atoms with Crippen molar-refractivity contribution >= 4 is 39.5 Å². The predicted octanol–water partition coefficient (Wildman–Crippen LogP) is 22.6. The summed E-state index contributed by atoms with van der Waals surface area (Å²) in [7, 11) is -9.91. The Morgan fingerprint density at radius 3 is 0.708 bits per heavy atom. The highest BCUT2D eigenvalue weighted by atomic mass is 31.2. The Hall–Kier alpha value is -1.94. The molecule has 0 aliphatic carbocycles. The summed E-state index contributed by atoms with van der Waals surface area (Å²) in [5.41, 5.74) is 0. The topological polar surface area (TPSA) is 237 Å². The van der Waals surface area contributed by atoms with Crippen LogP contribution in [-0.2, 0) is 65.4 Å². The predicted molar refractivity (Wildman–Crippen MR) is 391 cm³/mol. The lowest BCUT2D eigenvalue weighted by molar-refractivity contribution is -0.161. The summed E-state index contributed by atoms with van der Waals surface area (Å²) in [4.78, 5) is 72.8. The van der Waals surface area contributed by atoms with Gasteiger partial charge in [0.2, 0.25) is 0 Å². The van der Waals surface area contributed by atoms with Crippen molar-refractivity contribution < 1.29 is 80.2 Å². The molecular weight excluding hydrogens is 1260 g/mol. The molecule has 17 nitrogen and oxygen atoms in total. The van der Waals surface area contributed by atoms with Crippen LogP contribution < -0.4 is 0 Å². The largest absolute Gasteiger partial charge is 0.472 e. The van der Waals surface area contributed by atoms with Crippen LogP contribution in [0.2, 0.25) is 0 Å². The van der Waals surface area contributed by atoms with Gasteiger partial charge in [0.25, 0.3) is 0 Å². The van der Waals surface area contributed by atoms with Gasteiger partial charge in [0.15, 0.2) is 12.2 Å². The number of unbranched alkanes of at least 4 members (excludes halogenated alkanes) is 43. The first kappa shape index (κ1) is 94.1. The molecule has 0 aromatic heterocycles. The zero-order valence-electron chi connectivity index (χ0n) is 62.8. The minimum Gasteiger partial charge on any atom is -0.462 e. The molecule has 0 radical (unpaired) electrons. The van der Waals surface area contributed by atoms with Crippen LogP contribution in [0.5, 0.6) is 0 Å². The summed E-state index contributed by atoms with van der Waals surface area (Å²) in [5.74, 6) is 0.0640. The normalized spacial score (nSPS) is 14.1. The maximum Gasteiger partial charge on any atom is 0.472 e. The third kappa shape index (κ3) is 70.5. The van der Waals surface area contributed by atoms with Crippen LogP contribution >= 0.6 is 15.6 Å². The number of aliphatic hydroxyl groups excluding tert-OH is 1. The smallest absolute Gasteiger partial charge is 0.462 e. The lowest BCUT2D eigenvalue weighted by atomic mass is 10.0. The first-order valence-electron chi connectivity index (χ1n) is 39.8. The van der Waals surface area contributed by atoms with E-state index in [4.69, 9.17) is 37.0 Å². The summed E-state index contributed by atoms with van der Waals surface area (Å²) in [5, 5.41) is 10.6. The Kier molecular flexibility index (Phi) is 66.2. The van der Waals surface area contributed by atoms with E-state index in [-0.39, 0.29) is 25.7 Å². The fourth-order valence-electron chi connectivity index (χ4n) is 11.8. The van der Waals surface area contributed by atoms with E-state index in [9.17, 15) is 43.2 Å². The Morgan fingerprint density at radius 1 is 0.281 bits per heavy atom. The molecule has 570 valence electrons. The van der Waals surface area contributed by atoms with Crippen LogP contribution in [0.4, 0.5) is 0 Å². The molecule has 19 heteroatoms. The number of carbonyl (C=O) groups excluding carboxylic acids is 4. The summed E-state index contributed by atoms with van der Waals surface area (Å²) in [6.07, 6.45) is 54.5. The van der Waals surface area contributed by atoms with Crippen molar-refractivity contribution in [1.29, 1.82) is 0 Å². The Bertz CT molecular complexity index is 1870. The number of rotatable bonds is 75. The SMILES string of the molecule is CCCCCCCCCCCCCCCCCCCCCCCCC(=O)O[C@H](COC(=O)CCCCCCCCCCCC(C)C)COP(=O)(O)OC[C@@H](O)COP(=O)(O)OC[C@@H](COC(=O)CCCCCCCCCC(C)C)OC(=O)CCCCCCCCCCCC(C)C. The average Bonchev–Trinajstić information content (AvgIpc) is 2.67. The van der Waals surface area contributed by atoms with Gasteiger partial charge in [0.1, 0.15) is 19.3 Å². The fraction of sp³-hybridized carbons (Fsp3) is 0.948. The van der Waals surface area contributed by atoms with Gasteiger partial charge in [-0.2, -0.15) is 0 Å². The standard InChI is InChI=1S/C77H150O17P2/c1-8-9-10-11-12-13-14-15-16-17-18-19-20-21-22-23-24-25-30-38-46-53-60-76(81)93-72(64-87-74(79)58-51-44-37-31-26-28-34-41-48-55-68(2)3)66-91-95(83,84)89-62-71(78)63-90-96(85,86)92-67-73(65-88-75(80)59-52-45-40-33-36-43-50-57-70(6)7)94-77(82)61-54-47-39-32-27-29-35-42-49-56-69(4)5/h68-73,78H,8-67H2,1-7H3,(H,83,84)(H,85,86)/t71-,72-,73-/m1/s1. The molecule has 0 aliphatic heterocycles. The minimum atomic E-state index is -4.96. The van der Waals surface area contributed by atoms with Crippen LogP contribution in [0.25, 0.3) is 0 Å². The Balaban J connectivity index is 5.18. The first-order valence-corrected chi connectivity index (χ1v) is 42.8. The van der Waals surface area contributed by atoms with Gasteiger partial charge in [0, 0.05) is 25.7 Å². The molecule has 96 heavy (non-hydrogen) atoms. The van der Waals surface area contributed by atoms with E-state index in [1.54, 1.807) is 0 Å². The van der Waals surface area contributed by atoms with Crippen molar-refractivity contribution in [1.82, 2.24) is 0 Å². The lowest BCUT2D eigenvalue weighted by Gasteiger charge is -2.21. The van der Waals surface area contributed by atoms with Gasteiger partial charge in [-0.15, -0.1) is 0 Å². The van der Waals surface area contributed by atoms with Crippen LogP contribution in [0.1, 0.15) is 395 Å². The highest BCUT2D eigenvalue weighted by molar-refractivity contribution is 7.47. The van der Waals surface area contributed by atoms with E-state index in [0.29, 0.717) is 31.6 Å². The molecule has 3 N–H and O–H groups in total. The zero-order chi connectivity index (χ0) is 70.9. The van der Waals surface area contributed by atoms with E-state index in [2.05, 4.69) is 48.5 Å². The third-order valence-corrected chi connectivity index (χ3v) is 19.8. The monoisotopic (exact) mass is 1410 g/mol. The molecule has 0 aromatic carbocycles. The van der Waals surface area contributed by atoms with Gasteiger partial charge >= 0.3 is 39.5 Å². The van der Waals surface area contributed by atoms with Crippen molar-refractivity contribution in [2.75, 3.05) is 39.6 Å². The van der Waals surface area contributed by atoms with Crippen molar-refractivity contribution in [2.45, 2.75) is 414 Å². The second-order valence-electron chi connectivity index (χ2n) is 29.2. The minimum absolute atomic E-state index is 0.104. The molecule has 5 atom stereocenters. The molecule has 2 unspecified atom stereocenters. The molecule has 0 aromatic rings. The zero-order valence-corrected chi connectivity index (χ0v) is 64.6. The van der Waals surface area contributed by atoms with Gasteiger partial charge in [-0.25, -0.2) is 9.13 Å². The molecule has 0 fully saturated rings. The van der Waals surface area contributed by atoms with Crippen molar-refractivity contribution in [3.63, 3.8) is 0 Å². The number of phosphoric acid groups is 2. The van der Waals surface area contributed by atoms with Gasteiger partial charge < -0.3 is 33.8 Å². The van der Waals surface area contributed by atoms with Crippen LogP contribution in [0, 0.1) is 17.8 Å².